The van der Waals surface area contributed by atoms with Crippen LogP contribution in [0.2, 0.25) is 0 Å². The molecule has 0 amide bonds. The van der Waals surface area contributed by atoms with Crippen LogP contribution in [-0.2, 0) is 0 Å². The Hall–Kier alpha value is -0.765. The Kier molecular flexibility index (Phi) is 2.13. The smallest absolute Gasteiger partial charge is 0.318 e. The fourth-order valence-corrected chi connectivity index (χ4v) is 2.99. The van der Waals surface area contributed by atoms with Crippen LogP contribution in [0.1, 0.15) is 0 Å². The maximum absolute atomic E-state index is 4.43. The van der Waals surface area contributed by atoms with Crippen LogP contribution in [-0.4, -0.2) is 41.3 Å². The summed E-state index contributed by atoms with van der Waals surface area (Å²) in [6.45, 7) is 0. The molecule has 0 aliphatic rings. The fraction of sp³-hybridized carbons (Fsp3) is 0. The van der Waals surface area contributed by atoms with Gasteiger partial charge < -0.3 is 3.55 Å². The molecule has 0 atom stereocenters. The number of hydrogen-bond acceptors (Lipinski definition) is 1. The van der Waals surface area contributed by atoms with Crippen LogP contribution in [0.25, 0.3) is 21.9 Å². The molecular formula is C11H6Al2N2. The highest BCUT2D eigenvalue weighted by atomic mass is 27.1. The second kappa shape index (κ2) is 3.37. The van der Waals surface area contributed by atoms with Gasteiger partial charge in [-0.15, -0.1) is 4.43 Å². The predicted octanol–water partition coefficient (Wildman–Crippen LogP) is 0.915. The van der Waals surface area contributed by atoms with Gasteiger partial charge in [0.25, 0.3) is 0 Å². The van der Waals surface area contributed by atoms with E-state index in [9.17, 15) is 0 Å². The van der Waals surface area contributed by atoms with Gasteiger partial charge in [0.15, 0.2) is 16.3 Å². The van der Waals surface area contributed by atoms with Crippen LogP contribution in [0.15, 0.2) is 36.5 Å². The Morgan fingerprint density at radius 2 is 2.00 bits per heavy atom. The Morgan fingerprint density at radius 3 is 2.87 bits per heavy atom. The minimum absolute atomic E-state index is 1.06. The zero-order valence-corrected chi connectivity index (χ0v) is 10.3. The van der Waals surface area contributed by atoms with Gasteiger partial charge >= 0.3 is 16.5 Å². The van der Waals surface area contributed by atoms with Crippen molar-refractivity contribution >= 4 is 59.2 Å². The summed E-state index contributed by atoms with van der Waals surface area (Å²) in [4.78, 5) is 4.43. The van der Waals surface area contributed by atoms with E-state index in [0.717, 1.165) is 11.0 Å². The fourth-order valence-electron chi connectivity index (χ4n) is 1.94. The molecule has 0 bridgehead atoms. The van der Waals surface area contributed by atoms with Crippen LogP contribution in [0, 0.1) is 0 Å². The zero-order valence-electron chi connectivity index (χ0n) is 8.01. The van der Waals surface area contributed by atoms with Gasteiger partial charge in [-0.05, 0) is 12.1 Å². The van der Waals surface area contributed by atoms with Crippen molar-refractivity contribution in [1.82, 2.24) is 8.53 Å². The molecule has 0 aliphatic carbocycles. The average molecular weight is 220 g/mol. The number of benzene rings is 1. The van der Waals surface area contributed by atoms with E-state index in [-0.39, 0.29) is 0 Å². The largest absolute Gasteiger partial charge is 0.451 e. The van der Waals surface area contributed by atoms with Crippen molar-refractivity contribution in [3.05, 3.63) is 36.5 Å². The van der Waals surface area contributed by atoms with Crippen molar-refractivity contribution in [1.29, 1.82) is 0 Å². The van der Waals surface area contributed by atoms with Gasteiger partial charge in [0.2, 0.25) is 0 Å². The molecular weight excluding hydrogens is 214 g/mol. The predicted molar refractivity (Wildman–Crippen MR) is 63.8 cm³/mol. The first-order chi connectivity index (χ1) is 7.29. The van der Waals surface area contributed by atoms with E-state index in [0.29, 0.717) is 0 Å². The molecule has 2 nitrogen and oxygen atoms in total. The minimum Gasteiger partial charge on any atom is -0.451 e. The molecule has 4 radical (unpaired) electrons. The van der Waals surface area contributed by atoms with E-state index in [4.69, 9.17) is 0 Å². The van der Waals surface area contributed by atoms with Crippen molar-refractivity contribution in [2.75, 3.05) is 0 Å². The van der Waals surface area contributed by atoms with Gasteiger partial charge in [-0.1, -0.05) is 18.2 Å². The van der Waals surface area contributed by atoms with Crippen molar-refractivity contribution in [3.63, 3.8) is 0 Å². The number of nitrogens with zero attached hydrogens (tertiary/aromatic N) is 2. The number of aromatic nitrogens is 2. The second-order valence-electron chi connectivity index (χ2n) is 3.48. The lowest BCUT2D eigenvalue weighted by Gasteiger charge is -2.03. The third kappa shape index (κ3) is 1.27. The lowest BCUT2D eigenvalue weighted by molar-refractivity contribution is 1.36. The van der Waals surface area contributed by atoms with Crippen LogP contribution in [0.5, 0.6) is 0 Å². The van der Waals surface area contributed by atoms with Crippen molar-refractivity contribution in [2.45, 2.75) is 0 Å². The van der Waals surface area contributed by atoms with E-state index >= 15 is 0 Å². The van der Waals surface area contributed by atoms with E-state index < -0.39 is 0 Å². The lowest BCUT2D eigenvalue weighted by Crippen LogP contribution is -2.07. The SMILES string of the molecule is [Al][c]1cccc2c3ncccc3[n]([Al])c12. The molecule has 0 saturated heterocycles. The molecule has 2 heterocycles. The molecule has 4 heteroatoms. The summed E-state index contributed by atoms with van der Waals surface area (Å²) >= 11 is 5.51. The number of rotatable bonds is 0. The highest BCUT2D eigenvalue weighted by Gasteiger charge is 2.07. The summed E-state index contributed by atoms with van der Waals surface area (Å²) in [6, 6.07) is 10.3. The van der Waals surface area contributed by atoms with Gasteiger partial charge in [0.1, 0.15) is 0 Å². The Balaban J connectivity index is 2.69. The standard InChI is InChI=1S/C11H6N2.2Al/c1-2-5-9-8(4-1)11-10(13-9)6-3-7-12-11;;/h1-4,6-7H;;/q-1;;+1. The number of hydrogen-bond donors (Lipinski definition) is 0. The van der Waals surface area contributed by atoms with Gasteiger partial charge in [0, 0.05) is 22.6 Å². The van der Waals surface area contributed by atoms with Gasteiger partial charge in [0.05, 0.1) is 5.52 Å². The van der Waals surface area contributed by atoms with Crippen molar-refractivity contribution in [2.24, 2.45) is 0 Å². The first-order valence-corrected chi connectivity index (χ1v) is 5.77. The third-order valence-corrected chi connectivity index (χ3v) is 3.61. The molecule has 0 aliphatic heterocycles. The van der Waals surface area contributed by atoms with Crippen molar-refractivity contribution in [3.8, 4) is 0 Å². The summed E-state index contributed by atoms with van der Waals surface area (Å²) in [5.74, 6) is 0. The maximum Gasteiger partial charge on any atom is 0.318 e. The highest BCUT2D eigenvalue weighted by molar-refractivity contribution is 6.41. The molecule has 3 aromatic rings. The number of para-hydroxylation sites is 1. The molecule has 0 spiro atoms. The molecule has 0 N–H and O–H groups in total. The molecule has 1 aromatic carbocycles. The molecule has 2 aromatic heterocycles. The Morgan fingerprint density at radius 1 is 1.13 bits per heavy atom. The maximum atomic E-state index is 4.43. The van der Waals surface area contributed by atoms with E-state index in [1.807, 2.05) is 12.3 Å². The van der Waals surface area contributed by atoms with Gasteiger partial charge in [-0.3, -0.25) is 4.98 Å². The Bertz CT molecular complexity index is 658. The summed E-state index contributed by atoms with van der Waals surface area (Å²) in [6.07, 6.45) is 1.84. The molecule has 0 fully saturated rings. The van der Waals surface area contributed by atoms with Crippen LogP contribution in [0.3, 0.4) is 0 Å². The lowest BCUT2D eigenvalue weighted by atomic mass is 10.2. The molecule has 3 rings (SSSR count). The quantitative estimate of drug-likeness (QED) is 0.515. The molecule has 0 unspecified atom stereocenters. The van der Waals surface area contributed by atoms with Crippen molar-refractivity contribution < 1.29 is 0 Å². The van der Waals surface area contributed by atoms with Gasteiger partial charge in [-0.25, -0.2) is 0 Å². The Labute approximate surface area is 104 Å². The van der Waals surface area contributed by atoms with Crippen LogP contribution < -0.4 is 4.43 Å². The minimum atomic E-state index is 1.06. The third-order valence-electron chi connectivity index (χ3n) is 2.61. The summed E-state index contributed by atoms with van der Waals surface area (Å²) in [5.41, 5.74) is 3.42. The number of fused-ring (bicyclic) bond motifs is 3. The van der Waals surface area contributed by atoms with E-state index in [1.165, 1.54) is 15.3 Å². The normalized spacial score (nSPS) is 11.2. The summed E-state index contributed by atoms with van der Waals surface area (Å²) < 4.78 is 3.31. The molecule has 66 valence electrons. The zero-order chi connectivity index (χ0) is 10.4. The highest BCUT2D eigenvalue weighted by Crippen LogP contribution is 2.23. The molecule has 15 heavy (non-hydrogen) atoms. The van der Waals surface area contributed by atoms with Gasteiger partial charge in [-0.2, -0.15) is 0 Å². The molecule has 0 saturated carbocycles. The summed E-state index contributed by atoms with van der Waals surface area (Å²) in [7, 11) is 0. The first kappa shape index (κ1) is 9.46. The number of pyridine rings is 1. The second-order valence-corrected chi connectivity index (χ2v) is 4.62. The topological polar surface area (TPSA) is 17.8 Å². The average Bonchev–Trinajstić information content (AvgIpc) is 2.55. The van der Waals surface area contributed by atoms with E-state index in [1.54, 1.807) is 0 Å². The van der Waals surface area contributed by atoms with Crippen LogP contribution >= 0.6 is 0 Å². The monoisotopic (exact) mass is 220 g/mol. The first-order valence-electron chi connectivity index (χ1n) is 4.68. The summed E-state index contributed by atoms with van der Waals surface area (Å²) in [5, 5.41) is 1.20. The van der Waals surface area contributed by atoms with E-state index in [2.05, 4.69) is 65.6 Å². The van der Waals surface area contributed by atoms with Crippen LogP contribution in [0.4, 0.5) is 0 Å².